The minimum absolute atomic E-state index is 0.146. The minimum Gasteiger partial charge on any atom is -0.491 e. The molecule has 5 rings (SSSR count). The van der Waals surface area contributed by atoms with Crippen LogP contribution in [-0.4, -0.2) is 46.1 Å². The summed E-state index contributed by atoms with van der Waals surface area (Å²) in [6.07, 6.45) is 5.32. The van der Waals surface area contributed by atoms with Crippen LogP contribution in [0.5, 0.6) is 5.75 Å². The highest BCUT2D eigenvalue weighted by Gasteiger charge is 2.37. The topological polar surface area (TPSA) is 74.4 Å². The Morgan fingerprint density at radius 2 is 1.94 bits per heavy atom. The van der Waals surface area contributed by atoms with Gasteiger partial charge in [0.25, 0.3) is 0 Å². The van der Waals surface area contributed by atoms with Crippen LogP contribution in [0.15, 0.2) is 61.1 Å². The van der Waals surface area contributed by atoms with Crippen LogP contribution in [0, 0.1) is 11.3 Å². The highest BCUT2D eigenvalue weighted by atomic mass is 16.5. The molecule has 0 N–H and O–H groups in total. The van der Waals surface area contributed by atoms with Crippen molar-refractivity contribution in [1.82, 2.24) is 14.5 Å². The van der Waals surface area contributed by atoms with Crippen LogP contribution in [0.2, 0.25) is 0 Å². The summed E-state index contributed by atoms with van der Waals surface area (Å²) >= 11 is 0. The van der Waals surface area contributed by atoms with E-state index < -0.39 is 0 Å². The Morgan fingerprint density at radius 3 is 2.78 bits per heavy atom. The first-order chi connectivity index (χ1) is 15.7. The summed E-state index contributed by atoms with van der Waals surface area (Å²) in [6.45, 7) is 3.40. The van der Waals surface area contributed by atoms with E-state index in [1.165, 1.54) is 0 Å². The molecule has 0 aliphatic carbocycles. The van der Waals surface area contributed by atoms with Crippen molar-refractivity contribution in [3.05, 3.63) is 77.9 Å². The highest BCUT2D eigenvalue weighted by molar-refractivity contribution is 5.99. The average molecular weight is 428 g/mol. The van der Waals surface area contributed by atoms with Crippen molar-refractivity contribution in [2.75, 3.05) is 24.6 Å². The van der Waals surface area contributed by atoms with Gasteiger partial charge in [-0.3, -0.25) is 9.69 Å². The summed E-state index contributed by atoms with van der Waals surface area (Å²) in [4.78, 5) is 22.0. The van der Waals surface area contributed by atoms with E-state index in [0.29, 0.717) is 31.8 Å². The van der Waals surface area contributed by atoms with Gasteiger partial charge < -0.3 is 14.2 Å². The van der Waals surface area contributed by atoms with Crippen LogP contribution in [-0.2, 0) is 17.9 Å². The molecule has 0 spiro atoms. The van der Waals surface area contributed by atoms with E-state index >= 15 is 0 Å². The van der Waals surface area contributed by atoms with Crippen LogP contribution in [0.1, 0.15) is 29.7 Å². The number of piperazine rings is 1. The molecule has 1 unspecified atom stereocenters. The molecule has 1 aromatic heterocycles. The number of carbonyl (C=O) groups excluding carboxylic acids is 1. The summed E-state index contributed by atoms with van der Waals surface area (Å²) < 4.78 is 8.08. The van der Waals surface area contributed by atoms with Crippen molar-refractivity contribution in [2.24, 2.45) is 0 Å². The van der Waals surface area contributed by atoms with Gasteiger partial charge in [0.2, 0.25) is 5.91 Å². The number of ether oxygens (including phenoxy) is 1. The molecule has 162 valence electrons. The van der Waals surface area contributed by atoms with Gasteiger partial charge in [0.15, 0.2) is 0 Å². The third-order valence-electron chi connectivity index (χ3n) is 6.24. The van der Waals surface area contributed by atoms with Crippen LogP contribution in [0.25, 0.3) is 0 Å². The van der Waals surface area contributed by atoms with Crippen molar-refractivity contribution in [2.45, 2.75) is 32.0 Å². The van der Waals surface area contributed by atoms with Crippen LogP contribution >= 0.6 is 0 Å². The number of carbonyl (C=O) groups is 1. The van der Waals surface area contributed by atoms with Gasteiger partial charge in [-0.15, -0.1) is 0 Å². The van der Waals surface area contributed by atoms with E-state index in [0.717, 1.165) is 42.1 Å². The zero-order chi connectivity index (χ0) is 21.9. The van der Waals surface area contributed by atoms with E-state index in [-0.39, 0.29) is 11.9 Å². The van der Waals surface area contributed by atoms with Gasteiger partial charge in [0.05, 0.1) is 42.0 Å². The largest absolute Gasteiger partial charge is 0.491 e. The SMILES string of the molecule is N#Cc1ccc(Cn2cncc2CN2CCN3C(=O)C2CCCOc2ccccc23)cc1. The first-order valence-electron chi connectivity index (χ1n) is 11.0. The molecule has 1 amide bonds. The predicted molar refractivity (Wildman–Crippen MR) is 120 cm³/mol. The van der Waals surface area contributed by atoms with Gasteiger partial charge in [-0.25, -0.2) is 4.98 Å². The number of fused-ring (bicyclic) bond motifs is 4. The van der Waals surface area contributed by atoms with E-state index in [1.54, 1.807) is 0 Å². The van der Waals surface area contributed by atoms with Crippen LogP contribution in [0.4, 0.5) is 5.69 Å². The minimum atomic E-state index is -0.170. The van der Waals surface area contributed by atoms with E-state index in [1.807, 2.05) is 66.0 Å². The van der Waals surface area contributed by atoms with Gasteiger partial charge in [-0.2, -0.15) is 5.26 Å². The lowest BCUT2D eigenvalue weighted by molar-refractivity contribution is -0.126. The van der Waals surface area contributed by atoms with E-state index in [4.69, 9.17) is 10.00 Å². The molecule has 7 nitrogen and oxygen atoms in total. The van der Waals surface area contributed by atoms with Crippen LogP contribution in [0.3, 0.4) is 0 Å². The Balaban J connectivity index is 1.34. The van der Waals surface area contributed by atoms with Gasteiger partial charge >= 0.3 is 0 Å². The Kier molecular flexibility index (Phi) is 5.61. The lowest BCUT2D eigenvalue weighted by Gasteiger charge is -2.40. The number of hydrogen-bond acceptors (Lipinski definition) is 5. The lowest BCUT2D eigenvalue weighted by Crippen LogP contribution is -2.56. The average Bonchev–Trinajstić information content (AvgIpc) is 3.26. The first kappa shape index (κ1) is 20.3. The number of hydrogen-bond donors (Lipinski definition) is 0. The predicted octanol–water partition coefficient (Wildman–Crippen LogP) is 3.19. The standard InChI is InChI=1S/C25H25N5O2/c26-14-19-7-9-20(10-8-19)16-29-18-27-15-21(29)17-28-11-12-30-22-4-1-2-6-24(22)32-13-3-5-23(28)25(30)31/h1-2,4,6-10,15,18,23H,3,5,11-13,16-17H2. The Bertz CT molecular complexity index is 1150. The zero-order valence-electron chi connectivity index (χ0n) is 17.9. The van der Waals surface area contributed by atoms with Crippen molar-refractivity contribution < 1.29 is 9.53 Å². The molecule has 2 bridgehead atoms. The maximum Gasteiger partial charge on any atom is 0.244 e. The third kappa shape index (κ3) is 3.97. The Morgan fingerprint density at radius 1 is 1.09 bits per heavy atom. The summed E-state index contributed by atoms with van der Waals surface area (Å²) in [6, 6.07) is 17.4. The van der Waals surface area contributed by atoms with Gasteiger partial charge in [0.1, 0.15) is 5.75 Å². The molecule has 1 saturated heterocycles. The number of anilines is 1. The second-order valence-corrected chi connectivity index (χ2v) is 8.26. The molecule has 1 fully saturated rings. The molecular weight excluding hydrogens is 402 g/mol. The summed E-state index contributed by atoms with van der Waals surface area (Å²) in [5, 5.41) is 9.00. The molecule has 7 heteroatoms. The first-order valence-corrected chi connectivity index (χ1v) is 11.0. The normalized spacial score (nSPS) is 18.7. The maximum absolute atomic E-state index is 13.5. The summed E-state index contributed by atoms with van der Waals surface area (Å²) in [5.74, 6) is 0.933. The third-order valence-corrected chi connectivity index (χ3v) is 6.24. The molecule has 2 aliphatic heterocycles. The van der Waals surface area contributed by atoms with E-state index in [9.17, 15) is 4.79 Å². The lowest BCUT2D eigenvalue weighted by atomic mass is 10.0. The fraction of sp³-hybridized carbons (Fsp3) is 0.320. The molecule has 32 heavy (non-hydrogen) atoms. The number of amides is 1. The molecule has 2 aliphatic rings. The van der Waals surface area contributed by atoms with Crippen molar-refractivity contribution in [3.63, 3.8) is 0 Å². The number of para-hydroxylation sites is 2. The van der Waals surface area contributed by atoms with Crippen molar-refractivity contribution in [1.29, 1.82) is 5.26 Å². The second-order valence-electron chi connectivity index (χ2n) is 8.26. The Hall–Kier alpha value is -3.63. The van der Waals surface area contributed by atoms with Crippen molar-refractivity contribution in [3.8, 4) is 11.8 Å². The molecule has 0 radical (unpaired) electrons. The molecule has 1 atom stereocenters. The molecule has 2 aromatic carbocycles. The second kappa shape index (κ2) is 8.85. The molecule has 0 saturated carbocycles. The smallest absolute Gasteiger partial charge is 0.244 e. The van der Waals surface area contributed by atoms with Gasteiger partial charge in [0, 0.05) is 32.4 Å². The maximum atomic E-state index is 13.5. The zero-order valence-corrected chi connectivity index (χ0v) is 17.9. The number of nitriles is 1. The van der Waals surface area contributed by atoms with E-state index in [2.05, 4.69) is 20.5 Å². The number of nitrogens with zero attached hydrogens (tertiary/aromatic N) is 5. The van der Waals surface area contributed by atoms with Gasteiger partial charge in [-0.05, 0) is 42.7 Å². The fourth-order valence-corrected chi connectivity index (χ4v) is 4.54. The monoisotopic (exact) mass is 427 g/mol. The fourth-order valence-electron chi connectivity index (χ4n) is 4.54. The molecular formula is C25H25N5O2. The number of imidazole rings is 1. The summed E-state index contributed by atoms with van der Waals surface area (Å²) in [5.41, 5.74) is 3.71. The van der Waals surface area contributed by atoms with Crippen LogP contribution < -0.4 is 9.64 Å². The van der Waals surface area contributed by atoms with Crippen molar-refractivity contribution >= 4 is 11.6 Å². The highest BCUT2D eigenvalue weighted by Crippen LogP contribution is 2.33. The van der Waals surface area contributed by atoms with Gasteiger partial charge in [-0.1, -0.05) is 24.3 Å². The molecule has 3 heterocycles. The number of aromatic nitrogens is 2. The molecule has 3 aromatic rings. The number of rotatable bonds is 4. The Labute approximate surface area is 187 Å². The quantitative estimate of drug-likeness (QED) is 0.639. The summed E-state index contributed by atoms with van der Waals surface area (Å²) in [7, 11) is 0. The number of benzene rings is 2.